The number of halogens is 3. The number of rotatable bonds is 2. The number of aromatic nitrogens is 2. The molecule has 0 spiro atoms. The van der Waals surface area contributed by atoms with Crippen molar-refractivity contribution in [2.24, 2.45) is 0 Å². The second kappa shape index (κ2) is 5.91. The van der Waals surface area contributed by atoms with Crippen LogP contribution in [0.5, 0.6) is 0 Å². The molecule has 0 radical (unpaired) electrons. The summed E-state index contributed by atoms with van der Waals surface area (Å²) in [4.78, 5) is 4.13. The Bertz CT molecular complexity index is 1100. The lowest BCUT2D eigenvalue weighted by molar-refractivity contribution is -0.137. The maximum atomic E-state index is 12.9. The van der Waals surface area contributed by atoms with Gasteiger partial charge in [-0.2, -0.15) is 13.2 Å². The van der Waals surface area contributed by atoms with Gasteiger partial charge in [0.15, 0.2) is 0 Å². The molecule has 4 rings (SSSR count). The topological polar surface area (TPSA) is 43.8 Å². The molecule has 0 amide bonds. The average molecular weight is 353 g/mol. The highest BCUT2D eigenvalue weighted by Gasteiger charge is 2.30. The molecule has 0 fully saturated rings. The van der Waals surface area contributed by atoms with E-state index < -0.39 is 11.7 Å². The summed E-state index contributed by atoms with van der Waals surface area (Å²) in [5.74, 6) is 0. The summed E-state index contributed by atoms with van der Waals surface area (Å²) in [5.41, 5.74) is 9.46. The number of nitrogens with zero attached hydrogens (tertiary/aromatic N) is 2. The van der Waals surface area contributed by atoms with E-state index in [0.717, 1.165) is 28.9 Å². The Labute approximate surface area is 147 Å². The van der Waals surface area contributed by atoms with E-state index in [-0.39, 0.29) is 0 Å². The minimum Gasteiger partial charge on any atom is -0.399 e. The number of nitrogens with two attached hydrogens (primary N) is 1. The van der Waals surface area contributed by atoms with Crippen LogP contribution in [0.25, 0.3) is 27.8 Å². The number of nitrogen functional groups attached to an aromatic ring is 1. The number of fused-ring (bicyclic) bond motifs is 1. The summed E-state index contributed by atoms with van der Waals surface area (Å²) in [6.45, 7) is 0. The molecule has 0 saturated carbocycles. The Hall–Kier alpha value is -3.28. The van der Waals surface area contributed by atoms with Crippen molar-refractivity contribution in [1.82, 2.24) is 9.55 Å². The fraction of sp³-hybridized carbons (Fsp3) is 0.0500. The van der Waals surface area contributed by atoms with Crippen molar-refractivity contribution in [1.29, 1.82) is 0 Å². The van der Waals surface area contributed by atoms with Gasteiger partial charge in [-0.05, 0) is 53.6 Å². The van der Waals surface area contributed by atoms with E-state index in [9.17, 15) is 13.2 Å². The van der Waals surface area contributed by atoms with Crippen LogP contribution in [-0.2, 0) is 6.18 Å². The Kier molecular flexibility index (Phi) is 3.68. The van der Waals surface area contributed by atoms with Crippen LogP contribution in [0.1, 0.15) is 5.56 Å². The van der Waals surface area contributed by atoms with Crippen LogP contribution in [0.15, 0.2) is 73.1 Å². The predicted molar refractivity (Wildman–Crippen MR) is 95.9 cm³/mol. The van der Waals surface area contributed by atoms with Crippen LogP contribution in [-0.4, -0.2) is 9.55 Å². The van der Waals surface area contributed by atoms with Crippen LogP contribution < -0.4 is 5.73 Å². The standard InChI is InChI=1S/C20H14F3N3/c21-20(22,23)15-7-8-19-18(11-15)25-12-26(19)17-6-2-4-14(10-17)13-3-1-5-16(24)9-13/h1-12H,24H2. The molecule has 0 bridgehead atoms. The van der Waals surface area contributed by atoms with Gasteiger partial charge in [-0.1, -0.05) is 24.3 Å². The number of hydrogen-bond donors (Lipinski definition) is 1. The van der Waals surface area contributed by atoms with Crippen molar-refractivity contribution in [2.45, 2.75) is 6.18 Å². The summed E-state index contributed by atoms with van der Waals surface area (Å²) in [7, 11) is 0. The molecular weight excluding hydrogens is 339 g/mol. The third-order valence-electron chi connectivity index (χ3n) is 4.22. The minimum atomic E-state index is -4.38. The van der Waals surface area contributed by atoms with E-state index in [2.05, 4.69) is 4.98 Å². The second-order valence-corrected chi connectivity index (χ2v) is 5.99. The molecule has 0 atom stereocenters. The monoisotopic (exact) mass is 353 g/mol. The fourth-order valence-corrected chi connectivity index (χ4v) is 2.95. The Balaban J connectivity index is 1.80. The number of benzene rings is 3. The first kappa shape index (κ1) is 16.2. The maximum Gasteiger partial charge on any atom is 0.416 e. The number of imidazole rings is 1. The summed E-state index contributed by atoms with van der Waals surface area (Å²) >= 11 is 0. The zero-order valence-corrected chi connectivity index (χ0v) is 13.5. The predicted octanol–water partition coefficient (Wildman–Crippen LogP) is 5.29. The molecule has 1 aromatic heterocycles. The normalized spacial score (nSPS) is 11.8. The van der Waals surface area contributed by atoms with Gasteiger partial charge in [-0.3, -0.25) is 4.57 Å². The maximum absolute atomic E-state index is 12.9. The van der Waals surface area contributed by atoms with E-state index >= 15 is 0 Å². The molecule has 2 N–H and O–H groups in total. The van der Waals surface area contributed by atoms with Gasteiger partial charge in [0.05, 0.1) is 16.6 Å². The van der Waals surface area contributed by atoms with Gasteiger partial charge in [0.1, 0.15) is 6.33 Å². The first-order valence-corrected chi connectivity index (χ1v) is 7.92. The lowest BCUT2D eigenvalue weighted by Crippen LogP contribution is -2.04. The zero-order valence-electron chi connectivity index (χ0n) is 13.5. The first-order valence-electron chi connectivity index (χ1n) is 7.92. The van der Waals surface area contributed by atoms with E-state index in [4.69, 9.17) is 5.73 Å². The molecule has 26 heavy (non-hydrogen) atoms. The van der Waals surface area contributed by atoms with E-state index in [1.54, 1.807) is 4.57 Å². The van der Waals surface area contributed by atoms with Crippen molar-refractivity contribution in [2.75, 3.05) is 5.73 Å². The van der Waals surface area contributed by atoms with Crippen LogP contribution in [0, 0.1) is 0 Å². The highest BCUT2D eigenvalue weighted by Crippen LogP contribution is 2.32. The molecule has 6 heteroatoms. The SMILES string of the molecule is Nc1cccc(-c2cccc(-n3cnc4cc(C(F)(F)F)ccc43)c2)c1. The Morgan fingerprint density at radius 2 is 1.58 bits per heavy atom. The van der Waals surface area contributed by atoms with E-state index in [0.29, 0.717) is 16.7 Å². The quantitative estimate of drug-likeness (QED) is 0.497. The fourth-order valence-electron chi connectivity index (χ4n) is 2.95. The molecule has 3 aromatic carbocycles. The van der Waals surface area contributed by atoms with Crippen LogP contribution in [0.4, 0.5) is 18.9 Å². The molecule has 4 aromatic rings. The van der Waals surface area contributed by atoms with Crippen LogP contribution in [0.2, 0.25) is 0 Å². The molecule has 0 aliphatic rings. The highest BCUT2D eigenvalue weighted by molar-refractivity contribution is 5.79. The van der Waals surface area contributed by atoms with Gasteiger partial charge >= 0.3 is 6.18 Å². The largest absolute Gasteiger partial charge is 0.416 e. The Morgan fingerprint density at radius 3 is 2.31 bits per heavy atom. The average Bonchev–Trinajstić information content (AvgIpc) is 3.04. The van der Waals surface area contributed by atoms with Gasteiger partial charge in [-0.15, -0.1) is 0 Å². The van der Waals surface area contributed by atoms with Crippen molar-refractivity contribution in [3.05, 3.63) is 78.6 Å². The zero-order chi connectivity index (χ0) is 18.3. The van der Waals surface area contributed by atoms with Gasteiger partial charge in [0.25, 0.3) is 0 Å². The van der Waals surface area contributed by atoms with Gasteiger partial charge in [-0.25, -0.2) is 4.98 Å². The van der Waals surface area contributed by atoms with E-state index in [1.165, 1.54) is 12.4 Å². The molecule has 1 heterocycles. The first-order chi connectivity index (χ1) is 12.4. The van der Waals surface area contributed by atoms with Crippen molar-refractivity contribution in [3.8, 4) is 16.8 Å². The third-order valence-corrected chi connectivity index (χ3v) is 4.22. The molecule has 0 saturated heterocycles. The molecule has 130 valence electrons. The van der Waals surface area contributed by atoms with E-state index in [1.807, 2.05) is 48.5 Å². The highest BCUT2D eigenvalue weighted by atomic mass is 19.4. The van der Waals surface area contributed by atoms with Gasteiger partial charge in [0, 0.05) is 11.4 Å². The second-order valence-electron chi connectivity index (χ2n) is 5.99. The molecule has 0 aliphatic heterocycles. The third kappa shape index (κ3) is 2.90. The number of anilines is 1. The molecular formula is C20H14F3N3. The summed E-state index contributed by atoms with van der Waals surface area (Å²) in [6.07, 6.45) is -2.85. The van der Waals surface area contributed by atoms with Crippen molar-refractivity contribution < 1.29 is 13.2 Å². The summed E-state index contributed by atoms with van der Waals surface area (Å²) < 4.78 is 40.4. The lowest BCUT2D eigenvalue weighted by Gasteiger charge is -2.09. The molecule has 0 unspecified atom stereocenters. The molecule has 3 nitrogen and oxygen atoms in total. The van der Waals surface area contributed by atoms with Crippen molar-refractivity contribution >= 4 is 16.7 Å². The van der Waals surface area contributed by atoms with Gasteiger partial charge in [0.2, 0.25) is 0 Å². The van der Waals surface area contributed by atoms with Crippen LogP contribution in [0.3, 0.4) is 0 Å². The summed E-state index contributed by atoms with van der Waals surface area (Å²) in [5, 5.41) is 0. The molecule has 0 aliphatic carbocycles. The number of hydrogen-bond acceptors (Lipinski definition) is 2. The van der Waals surface area contributed by atoms with Crippen molar-refractivity contribution in [3.63, 3.8) is 0 Å². The van der Waals surface area contributed by atoms with Crippen LogP contribution >= 0.6 is 0 Å². The number of alkyl halides is 3. The Morgan fingerprint density at radius 1 is 0.846 bits per heavy atom. The minimum absolute atomic E-state index is 0.300. The lowest BCUT2D eigenvalue weighted by atomic mass is 10.0. The smallest absolute Gasteiger partial charge is 0.399 e. The van der Waals surface area contributed by atoms with Gasteiger partial charge < -0.3 is 5.73 Å². The summed E-state index contributed by atoms with van der Waals surface area (Å²) in [6, 6.07) is 18.8.